The summed E-state index contributed by atoms with van der Waals surface area (Å²) >= 11 is 0. The molecule has 0 radical (unpaired) electrons. The van der Waals surface area contributed by atoms with Crippen molar-refractivity contribution in [3.8, 4) is 24.3 Å². The van der Waals surface area contributed by atoms with E-state index < -0.39 is 5.97 Å². The smallest absolute Gasteiger partial charge is 0.303 e. The van der Waals surface area contributed by atoms with Gasteiger partial charge in [0.25, 0.3) is 0 Å². The van der Waals surface area contributed by atoms with Gasteiger partial charge < -0.3 is 5.11 Å². The Morgan fingerprint density at radius 2 is 1.72 bits per heavy atom. The zero-order valence-electron chi connectivity index (χ0n) is 16.2. The normalized spacial score (nSPS) is 15.4. The van der Waals surface area contributed by atoms with E-state index in [4.69, 9.17) is 5.11 Å². The summed E-state index contributed by atoms with van der Waals surface area (Å²) in [5, 5.41) is 46.0. The highest BCUT2D eigenvalue weighted by atomic mass is 16.4. The molecular weight excluding hydrogens is 364 g/mol. The van der Waals surface area contributed by atoms with Gasteiger partial charge in [-0.05, 0) is 72.8 Å². The molecule has 1 N–H and O–H groups in total. The first-order valence-corrected chi connectivity index (χ1v) is 9.29. The Morgan fingerprint density at radius 1 is 1.07 bits per heavy atom. The van der Waals surface area contributed by atoms with Crippen molar-refractivity contribution in [2.75, 3.05) is 0 Å². The second kappa shape index (κ2) is 9.89. The first-order valence-electron chi connectivity index (χ1n) is 9.29. The topological polar surface area (TPSA) is 132 Å². The van der Waals surface area contributed by atoms with Gasteiger partial charge in [0, 0.05) is 6.42 Å². The molecule has 0 amide bonds. The summed E-state index contributed by atoms with van der Waals surface area (Å²) < 4.78 is 0. The maximum absolute atomic E-state index is 10.9. The van der Waals surface area contributed by atoms with E-state index in [2.05, 4.69) is 0 Å². The molecule has 2 rings (SSSR count). The number of hydrogen-bond acceptors (Lipinski definition) is 5. The minimum Gasteiger partial charge on any atom is -0.481 e. The van der Waals surface area contributed by atoms with Crippen molar-refractivity contribution in [1.29, 1.82) is 21.0 Å². The fourth-order valence-electron chi connectivity index (χ4n) is 3.76. The molecule has 1 aliphatic rings. The number of aryl methyl sites for hydroxylation is 2. The van der Waals surface area contributed by atoms with E-state index in [1.54, 1.807) is 0 Å². The quantitative estimate of drug-likeness (QED) is 0.762. The number of benzene rings is 1. The average molecular weight is 384 g/mol. The van der Waals surface area contributed by atoms with Gasteiger partial charge in [-0.25, -0.2) is 0 Å². The van der Waals surface area contributed by atoms with Crippen molar-refractivity contribution in [3.05, 3.63) is 57.2 Å². The summed E-state index contributed by atoms with van der Waals surface area (Å²) in [4.78, 5) is 10.9. The number of nitriles is 4. The Kier molecular flexibility index (Phi) is 7.31. The molecule has 1 aromatic carbocycles. The highest BCUT2D eigenvalue weighted by Crippen LogP contribution is 2.38. The van der Waals surface area contributed by atoms with Crippen LogP contribution in [0.5, 0.6) is 0 Å². The second-order valence-corrected chi connectivity index (χ2v) is 7.09. The van der Waals surface area contributed by atoms with Crippen molar-refractivity contribution >= 4 is 5.97 Å². The fraction of sp³-hybridized carbons (Fsp3) is 0.348. The third-order valence-corrected chi connectivity index (χ3v) is 5.31. The molecule has 0 aromatic heterocycles. The fourth-order valence-corrected chi connectivity index (χ4v) is 3.76. The Bertz CT molecular complexity index is 1020. The number of nitrogens with zero attached hydrogens (tertiary/aromatic N) is 4. The summed E-state index contributed by atoms with van der Waals surface area (Å²) in [5.41, 5.74) is 4.68. The van der Waals surface area contributed by atoms with E-state index in [0.29, 0.717) is 32.1 Å². The predicted molar refractivity (Wildman–Crippen MR) is 105 cm³/mol. The van der Waals surface area contributed by atoms with Gasteiger partial charge in [0.1, 0.15) is 35.4 Å². The van der Waals surface area contributed by atoms with E-state index in [1.807, 2.05) is 49.4 Å². The van der Waals surface area contributed by atoms with Crippen LogP contribution < -0.4 is 0 Å². The maximum Gasteiger partial charge on any atom is 0.303 e. The van der Waals surface area contributed by atoms with Gasteiger partial charge in [-0.1, -0.05) is 18.2 Å². The first-order chi connectivity index (χ1) is 13.9. The molecular formula is C23H20N4O2. The third-order valence-electron chi connectivity index (χ3n) is 5.31. The SMILES string of the molecule is Cc1ccc(CC2CC(=C(C#N)C#N)CCC2=C(C#N)C#N)cc1CCC(=O)O. The van der Waals surface area contributed by atoms with Gasteiger partial charge in [-0.3, -0.25) is 4.79 Å². The highest BCUT2D eigenvalue weighted by molar-refractivity contribution is 5.67. The van der Waals surface area contributed by atoms with Crippen molar-refractivity contribution in [2.45, 2.75) is 45.4 Å². The van der Waals surface area contributed by atoms with Crippen LogP contribution in [0.4, 0.5) is 0 Å². The molecule has 1 atom stereocenters. The zero-order chi connectivity index (χ0) is 21.4. The van der Waals surface area contributed by atoms with Crippen LogP contribution in [0.15, 0.2) is 40.5 Å². The predicted octanol–water partition coefficient (Wildman–Crippen LogP) is 4.04. The minimum absolute atomic E-state index is 0.0481. The number of carbonyl (C=O) groups is 1. The molecule has 1 aliphatic carbocycles. The van der Waals surface area contributed by atoms with Crippen molar-refractivity contribution in [2.24, 2.45) is 5.92 Å². The van der Waals surface area contributed by atoms with E-state index in [1.165, 1.54) is 0 Å². The number of rotatable bonds is 5. The summed E-state index contributed by atoms with van der Waals surface area (Å²) in [7, 11) is 0. The van der Waals surface area contributed by atoms with Gasteiger partial charge in [0.2, 0.25) is 0 Å². The van der Waals surface area contributed by atoms with Gasteiger partial charge in [0.05, 0.1) is 0 Å². The Balaban J connectivity index is 2.40. The number of carboxylic acid groups (broad SMARTS) is 1. The van der Waals surface area contributed by atoms with Crippen LogP contribution in [0, 0.1) is 58.2 Å². The minimum atomic E-state index is -0.852. The second-order valence-electron chi connectivity index (χ2n) is 7.09. The zero-order valence-corrected chi connectivity index (χ0v) is 16.2. The van der Waals surface area contributed by atoms with Crippen molar-refractivity contribution < 1.29 is 9.90 Å². The van der Waals surface area contributed by atoms with Gasteiger partial charge in [-0.15, -0.1) is 0 Å². The van der Waals surface area contributed by atoms with Gasteiger partial charge in [-0.2, -0.15) is 21.0 Å². The molecule has 6 heteroatoms. The summed E-state index contributed by atoms with van der Waals surface area (Å²) in [5.74, 6) is -1.00. The van der Waals surface area contributed by atoms with Crippen molar-refractivity contribution in [3.63, 3.8) is 0 Å². The molecule has 1 unspecified atom stereocenters. The molecule has 0 saturated heterocycles. The van der Waals surface area contributed by atoms with E-state index >= 15 is 0 Å². The lowest BCUT2D eigenvalue weighted by Crippen LogP contribution is -2.17. The number of carboxylic acids is 1. The van der Waals surface area contributed by atoms with Gasteiger partial charge >= 0.3 is 5.97 Å². The van der Waals surface area contributed by atoms with E-state index in [9.17, 15) is 25.8 Å². The number of allylic oxidation sites excluding steroid dienone is 4. The number of hydrogen-bond donors (Lipinski definition) is 1. The summed E-state index contributed by atoms with van der Waals surface area (Å²) in [6.07, 6.45) is 2.45. The standard InChI is InChI=1S/C23H20N4O2/c1-15-2-3-16(8-17(15)5-7-23(28)29)9-19-10-18(20(11-24)12-25)4-6-22(19)21(13-26)14-27/h2-3,8,19H,4-7,9-10H2,1H3,(H,28,29). The summed E-state index contributed by atoms with van der Waals surface area (Å²) in [6, 6.07) is 13.7. The molecule has 0 bridgehead atoms. The monoisotopic (exact) mass is 384 g/mol. The lowest BCUT2D eigenvalue weighted by atomic mass is 9.75. The lowest BCUT2D eigenvalue weighted by molar-refractivity contribution is -0.136. The molecule has 0 heterocycles. The van der Waals surface area contributed by atoms with E-state index in [-0.39, 0.29) is 23.5 Å². The lowest BCUT2D eigenvalue weighted by Gasteiger charge is -2.28. The Labute approximate surface area is 170 Å². The molecule has 1 saturated carbocycles. The Morgan fingerprint density at radius 3 is 2.31 bits per heavy atom. The van der Waals surface area contributed by atoms with Crippen LogP contribution in [0.3, 0.4) is 0 Å². The average Bonchev–Trinajstić information content (AvgIpc) is 2.71. The molecule has 0 spiro atoms. The molecule has 1 aromatic rings. The summed E-state index contributed by atoms with van der Waals surface area (Å²) in [6.45, 7) is 1.93. The van der Waals surface area contributed by atoms with Crippen LogP contribution in [-0.4, -0.2) is 11.1 Å². The van der Waals surface area contributed by atoms with Crippen LogP contribution in [0.2, 0.25) is 0 Å². The highest BCUT2D eigenvalue weighted by Gasteiger charge is 2.27. The molecule has 1 fully saturated rings. The third kappa shape index (κ3) is 5.32. The van der Waals surface area contributed by atoms with Crippen LogP contribution in [-0.2, 0) is 17.6 Å². The van der Waals surface area contributed by atoms with Crippen LogP contribution in [0.1, 0.15) is 42.4 Å². The largest absolute Gasteiger partial charge is 0.481 e. The van der Waals surface area contributed by atoms with E-state index in [0.717, 1.165) is 27.8 Å². The molecule has 144 valence electrons. The molecule has 6 nitrogen and oxygen atoms in total. The van der Waals surface area contributed by atoms with Crippen LogP contribution >= 0.6 is 0 Å². The van der Waals surface area contributed by atoms with Crippen LogP contribution in [0.25, 0.3) is 0 Å². The first kappa shape index (κ1) is 21.4. The van der Waals surface area contributed by atoms with Crippen molar-refractivity contribution in [1.82, 2.24) is 0 Å². The molecule has 0 aliphatic heterocycles. The van der Waals surface area contributed by atoms with Gasteiger partial charge in [0.15, 0.2) is 0 Å². The maximum atomic E-state index is 10.9. The number of aliphatic carboxylic acids is 1. The molecule has 29 heavy (non-hydrogen) atoms. The Hall–Kier alpha value is -3.87.